The molecule has 0 aliphatic rings. The van der Waals surface area contributed by atoms with Crippen LogP contribution in [0.4, 0.5) is 0 Å². The Morgan fingerprint density at radius 2 is 1.52 bits per heavy atom. The molecule has 2 aromatic carbocycles. The highest BCUT2D eigenvalue weighted by Gasteiger charge is 2.04. The molecular weight excluding hydrogens is 290 g/mol. The molecule has 0 fully saturated rings. The molecule has 0 aliphatic carbocycles. The van der Waals surface area contributed by atoms with Gasteiger partial charge in [-0.1, -0.05) is 24.3 Å². The van der Waals surface area contributed by atoms with Crippen molar-refractivity contribution in [2.24, 2.45) is 0 Å². The highest BCUT2D eigenvalue weighted by atomic mass is 16.5. The Morgan fingerprint density at radius 1 is 0.957 bits per heavy atom. The lowest BCUT2D eigenvalue weighted by Crippen LogP contribution is -2.24. The lowest BCUT2D eigenvalue weighted by Gasteiger charge is -2.10. The van der Waals surface area contributed by atoms with E-state index in [-0.39, 0.29) is 12.0 Å². The summed E-state index contributed by atoms with van der Waals surface area (Å²) in [5.74, 6) is 1.63. The van der Waals surface area contributed by atoms with Crippen LogP contribution >= 0.6 is 0 Å². The fraction of sp³-hybridized carbons (Fsp3) is 0.316. The highest BCUT2D eigenvalue weighted by molar-refractivity contribution is 5.78. The van der Waals surface area contributed by atoms with Gasteiger partial charge in [0.15, 0.2) is 0 Å². The third-order valence-corrected chi connectivity index (χ3v) is 3.31. The molecule has 4 nitrogen and oxygen atoms in total. The largest absolute Gasteiger partial charge is 0.497 e. The minimum absolute atomic E-state index is 0.00215. The second-order valence-electron chi connectivity index (χ2n) is 5.61. The molecule has 4 heteroatoms. The molecule has 0 aliphatic heterocycles. The molecule has 1 N–H and O–H groups in total. The van der Waals surface area contributed by atoms with Crippen LogP contribution in [0.1, 0.15) is 25.0 Å². The number of carbonyl (C=O) groups is 1. The number of ether oxygens (including phenoxy) is 2. The van der Waals surface area contributed by atoms with Gasteiger partial charge in [-0.3, -0.25) is 4.79 Å². The molecule has 0 radical (unpaired) electrons. The van der Waals surface area contributed by atoms with E-state index in [1.54, 1.807) is 7.11 Å². The predicted octanol–water partition coefficient (Wildman–Crippen LogP) is 3.34. The van der Waals surface area contributed by atoms with Gasteiger partial charge in [-0.15, -0.1) is 0 Å². The number of hydrogen-bond acceptors (Lipinski definition) is 3. The molecular formula is C19H23NO3. The molecule has 0 saturated heterocycles. The van der Waals surface area contributed by atoms with Crippen LogP contribution in [0.25, 0.3) is 0 Å². The SMILES string of the molecule is COc1ccc(CC(=O)NCc2ccc(OC(C)C)cc2)cc1. The van der Waals surface area contributed by atoms with Crippen LogP contribution in [0, 0.1) is 0 Å². The van der Waals surface area contributed by atoms with E-state index in [2.05, 4.69) is 5.32 Å². The third-order valence-electron chi connectivity index (χ3n) is 3.31. The molecule has 23 heavy (non-hydrogen) atoms. The van der Waals surface area contributed by atoms with Crippen molar-refractivity contribution in [3.63, 3.8) is 0 Å². The number of methoxy groups -OCH3 is 1. The van der Waals surface area contributed by atoms with Gasteiger partial charge in [0.2, 0.25) is 5.91 Å². The molecule has 0 spiro atoms. The number of nitrogens with one attached hydrogen (secondary N) is 1. The second kappa shape index (κ2) is 8.22. The van der Waals surface area contributed by atoms with Gasteiger partial charge in [-0.2, -0.15) is 0 Å². The number of carbonyl (C=O) groups excluding carboxylic acids is 1. The Balaban J connectivity index is 1.81. The quantitative estimate of drug-likeness (QED) is 0.853. The van der Waals surface area contributed by atoms with Crippen molar-refractivity contribution < 1.29 is 14.3 Å². The summed E-state index contributed by atoms with van der Waals surface area (Å²) in [4.78, 5) is 12.0. The summed E-state index contributed by atoms with van der Waals surface area (Å²) in [6.45, 7) is 4.50. The molecule has 0 aromatic heterocycles. The van der Waals surface area contributed by atoms with E-state index < -0.39 is 0 Å². The molecule has 1 amide bonds. The summed E-state index contributed by atoms with van der Waals surface area (Å²) < 4.78 is 10.7. The number of hydrogen-bond donors (Lipinski definition) is 1. The molecule has 0 saturated carbocycles. The topological polar surface area (TPSA) is 47.6 Å². The first-order chi connectivity index (χ1) is 11.1. The standard InChI is InChI=1S/C19H23NO3/c1-14(2)23-18-10-6-16(7-11-18)13-20-19(21)12-15-4-8-17(22-3)9-5-15/h4-11,14H,12-13H2,1-3H3,(H,20,21). The summed E-state index contributed by atoms with van der Waals surface area (Å²) in [5, 5.41) is 2.93. The molecule has 0 unspecified atom stereocenters. The van der Waals surface area contributed by atoms with E-state index in [1.165, 1.54) is 0 Å². The van der Waals surface area contributed by atoms with E-state index in [4.69, 9.17) is 9.47 Å². The number of rotatable bonds is 7. The van der Waals surface area contributed by atoms with Crippen molar-refractivity contribution >= 4 is 5.91 Å². The van der Waals surface area contributed by atoms with E-state index in [9.17, 15) is 4.79 Å². The Kier molecular flexibility index (Phi) is 6.03. The maximum atomic E-state index is 12.0. The first-order valence-corrected chi connectivity index (χ1v) is 7.72. The zero-order chi connectivity index (χ0) is 16.7. The Bertz CT molecular complexity index is 618. The highest BCUT2D eigenvalue weighted by Crippen LogP contribution is 2.14. The number of benzene rings is 2. The molecule has 0 heterocycles. The monoisotopic (exact) mass is 313 g/mol. The van der Waals surface area contributed by atoms with E-state index in [1.807, 2.05) is 62.4 Å². The molecule has 0 atom stereocenters. The van der Waals surface area contributed by atoms with Crippen molar-refractivity contribution in [2.75, 3.05) is 7.11 Å². The third kappa shape index (κ3) is 5.66. The zero-order valence-corrected chi connectivity index (χ0v) is 13.8. The summed E-state index contributed by atoms with van der Waals surface area (Å²) in [5.41, 5.74) is 2.01. The van der Waals surface area contributed by atoms with Crippen molar-refractivity contribution in [1.29, 1.82) is 0 Å². The van der Waals surface area contributed by atoms with Gasteiger partial charge >= 0.3 is 0 Å². The fourth-order valence-corrected chi connectivity index (χ4v) is 2.15. The lowest BCUT2D eigenvalue weighted by molar-refractivity contribution is -0.120. The van der Waals surface area contributed by atoms with Crippen molar-refractivity contribution in [2.45, 2.75) is 32.9 Å². The molecule has 0 bridgehead atoms. The van der Waals surface area contributed by atoms with Crippen LogP contribution in [0.3, 0.4) is 0 Å². The van der Waals surface area contributed by atoms with E-state index >= 15 is 0 Å². The van der Waals surface area contributed by atoms with Gasteiger partial charge in [0, 0.05) is 6.54 Å². The summed E-state index contributed by atoms with van der Waals surface area (Å²) in [7, 11) is 1.62. The number of amides is 1. The van der Waals surface area contributed by atoms with Gasteiger partial charge < -0.3 is 14.8 Å². The minimum Gasteiger partial charge on any atom is -0.497 e. The molecule has 122 valence electrons. The first kappa shape index (κ1) is 16.9. The van der Waals surface area contributed by atoms with Crippen molar-refractivity contribution in [1.82, 2.24) is 5.32 Å². The Hall–Kier alpha value is -2.49. The normalized spacial score (nSPS) is 10.4. The Morgan fingerprint density at radius 3 is 2.09 bits per heavy atom. The minimum atomic E-state index is -0.00215. The molecule has 2 aromatic rings. The van der Waals surface area contributed by atoms with Crippen molar-refractivity contribution in [3.8, 4) is 11.5 Å². The van der Waals surface area contributed by atoms with Crippen LogP contribution < -0.4 is 14.8 Å². The van der Waals surface area contributed by atoms with E-state index in [0.717, 1.165) is 22.6 Å². The van der Waals surface area contributed by atoms with Gasteiger partial charge in [-0.05, 0) is 49.2 Å². The zero-order valence-electron chi connectivity index (χ0n) is 13.8. The average molecular weight is 313 g/mol. The second-order valence-corrected chi connectivity index (χ2v) is 5.61. The summed E-state index contributed by atoms with van der Waals surface area (Å²) >= 11 is 0. The predicted molar refractivity (Wildman–Crippen MR) is 90.8 cm³/mol. The summed E-state index contributed by atoms with van der Waals surface area (Å²) in [6, 6.07) is 15.3. The smallest absolute Gasteiger partial charge is 0.224 e. The van der Waals surface area contributed by atoms with Gasteiger partial charge in [0.1, 0.15) is 11.5 Å². The Labute approximate surface area is 137 Å². The lowest BCUT2D eigenvalue weighted by atomic mass is 10.1. The fourth-order valence-electron chi connectivity index (χ4n) is 2.15. The maximum absolute atomic E-state index is 12.0. The van der Waals surface area contributed by atoms with Crippen LogP contribution in [0.15, 0.2) is 48.5 Å². The maximum Gasteiger partial charge on any atom is 0.224 e. The van der Waals surface area contributed by atoms with E-state index in [0.29, 0.717) is 13.0 Å². The van der Waals surface area contributed by atoms with Crippen molar-refractivity contribution in [3.05, 3.63) is 59.7 Å². The first-order valence-electron chi connectivity index (χ1n) is 7.72. The van der Waals surface area contributed by atoms with Gasteiger partial charge in [-0.25, -0.2) is 0 Å². The van der Waals surface area contributed by atoms with Crippen LogP contribution in [-0.2, 0) is 17.8 Å². The summed E-state index contributed by atoms with van der Waals surface area (Å²) in [6.07, 6.45) is 0.517. The van der Waals surface area contributed by atoms with Crippen LogP contribution in [0.2, 0.25) is 0 Å². The van der Waals surface area contributed by atoms with Gasteiger partial charge in [0.25, 0.3) is 0 Å². The van der Waals surface area contributed by atoms with Gasteiger partial charge in [0.05, 0.1) is 19.6 Å². The van der Waals surface area contributed by atoms with Crippen LogP contribution in [0.5, 0.6) is 11.5 Å². The average Bonchev–Trinajstić information content (AvgIpc) is 2.54. The van der Waals surface area contributed by atoms with Crippen LogP contribution in [-0.4, -0.2) is 19.1 Å². The molecule has 2 rings (SSSR count).